The van der Waals surface area contributed by atoms with Gasteiger partial charge in [0, 0.05) is 18.3 Å². The molecule has 0 fully saturated rings. The first-order valence-electron chi connectivity index (χ1n) is 5.97. The average Bonchev–Trinajstić information content (AvgIpc) is 2.80. The summed E-state index contributed by atoms with van der Waals surface area (Å²) in [6, 6.07) is 6.30. The minimum atomic E-state index is -0.0878. The van der Waals surface area contributed by atoms with Crippen molar-refractivity contribution < 1.29 is 0 Å². The summed E-state index contributed by atoms with van der Waals surface area (Å²) < 4.78 is 1.90. The number of nitrogens with two attached hydrogens (primary N) is 1. The Bertz CT molecular complexity index is 514. The molecule has 1 heterocycles. The third-order valence-corrected chi connectivity index (χ3v) is 3.11. The molecule has 1 aromatic heterocycles. The lowest BCUT2D eigenvalue weighted by Gasteiger charge is -2.13. The molecule has 2 rings (SSSR count). The fraction of sp³-hybridized carbons (Fsp3) is 0.357. The summed E-state index contributed by atoms with van der Waals surface area (Å²) in [4.78, 5) is 0. The fourth-order valence-electron chi connectivity index (χ4n) is 1.99. The molecular formula is C14H19N3. The summed E-state index contributed by atoms with van der Waals surface area (Å²) in [5, 5.41) is 4.27. The number of benzene rings is 1. The average molecular weight is 229 g/mol. The third kappa shape index (κ3) is 2.39. The highest BCUT2D eigenvalue weighted by Gasteiger charge is 2.13. The lowest BCUT2D eigenvalue weighted by atomic mass is 9.96. The quantitative estimate of drug-likeness (QED) is 0.879. The second-order valence-electron chi connectivity index (χ2n) is 4.47. The van der Waals surface area contributed by atoms with Crippen LogP contribution in [0.1, 0.15) is 35.2 Å². The molecule has 0 radical (unpaired) electrons. The van der Waals surface area contributed by atoms with Gasteiger partial charge in [0.25, 0.3) is 0 Å². The molecule has 0 saturated heterocycles. The monoisotopic (exact) mass is 229 g/mol. The van der Waals surface area contributed by atoms with Gasteiger partial charge in [0.05, 0.1) is 12.2 Å². The predicted octanol–water partition coefficient (Wildman–Crippen LogP) is 2.57. The summed E-state index contributed by atoms with van der Waals surface area (Å²) >= 11 is 0. The smallest absolute Gasteiger partial charge is 0.0585 e. The molecule has 1 atom stereocenters. The third-order valence-electron chi connectivity index (χ3n) is 3.11. The van der Waals surface area contributed by atoms with Crippen LogP contribution in [0.4, 0.5) is 0 Å². The first-order valence-corrected chi connectivity index (χ1v) is 5.97. The molecule has 1 unspecified atom stereocenters. The van der Waals surface area contributed by atoms with Gasteiger partial charge in [-0.25, -0.2) is 0 Å². The van der Waals surface area contributed by atoms with Crippen LogP contribution in [-0.4, -0.2) is 9.78 Å². The van der Waals surface area contributed by atoms with Crippen molar-refractivity contribution >= 4 is 0 Å². The van der Waals surface area contributed by atoms with Gasteiger partial charge in [-0.2, -0.15) is 5.10 Å². The van der Waals surface area contributed by atoms with E-state index >= 15 is 0 Å². The molecule has 0 spiro atoms. The standard InChI is InChI=1S/C14H19N3/c1-4-17-9-12(8-16-17)14(15)13-7-10(2)5-6-11(13)3/h5-9,14H,4,15H2,1-3H3. The van der Waals surface area contributed by atoms with Crippen molar-refractivity contribution in [2.45, 2.75) is 33.4 Å². The minimum absolute atomic E-state index is 0.0878. The van der Waals surface area contributed by atoms with Crippen LogP contribution >= 0.6 is 0 Å². The highest BCUT2D eigenvalue weighted by Crippen LogP contribution is 2.23. The van der Waals surface area contributed by atoms with E-state index < -0.39 is 0 Å². The van der Waals surface area contributed by atoms with E-state index in [2.05, 4.69) is 44.1 Å². The maximum absolute atomic E-state index is 6.30. The van der Waals surface area contributed by atoms with E-state index in [0.717, 1.165) is 12.1 Å². The van der Waals surface area contributed by atoms with Crippen molar-refractivity contribution in [3.63, 3.8) is 0 Å². The van der Waals surface area contributed by atoms with Gasteiger partial charge in [-0.3, -0.25) is 4.68 Å². The number of hydrogen-bond acceptors (Lipinski definition) is 2. The summed E-state index contributed by atoms with van der Waals surface area (Å²) in [6.07, 6.45) is 3.88. The van der Waals surface area contributed by atoms with E-state index in [1.165, 1.54) is 16.7 Å². The molecule has 17 heavy (non-hydrogen) atoms. The van der Waals surface area contributed by atoms with Crippen molar-refractivity contribution in [1.82, 2.24) is 9.78 Å². The maximum Gasteiger partial charge on any atom is 0.0585 e. The number of nitrogens with zero attached hydrogens (tertiary/aromatic N) is 2. The van der Waals surface area contributed by atoms with E-state index in [1.54, 1.807) is 0 Å². The zero-order valence-corrected chi connectivity index (χ0v) is 10.6. The zero-order chi connectivity index (χ0) is 12.4. The van der Waals surface area contributed by atoms with Crippen LogP contribution in [0.3, 0.4) is 0 Å². The minimum Gasteiger partial charge on any atom is -0.320 e. The lowest BCUT2D eigenvalue weighted by Crippen LogP contribution is -2.12. The van der Waals surface area contributed by atoms with Crippen LogP contribution in [0.5, 0.6) is 0 Å². The molecule has 1 aromatic carbocycles. The zero-order valence-electron chi connectivity index (χ0n) is 10.6. The van der Waals surface area contributed by atoms with Gasteiger partial charge >= 0.3 is 0 Å². The summed E-state index contributed by atoms with van der Waals surface area (Å²) in [6.45, 7) is 7.13. The van der Waals surface area contributed by atoms with Crippen molar-refractivity contribution in [2.75, 3.05) is 0 Å². The molecule has 90 valence electrons. The normalized spacial score (nSPS) is 12.7. The summed E-state index contributed by atoms with van der Waals surface area (Å²) in [5.41, 5.74) is 11.0. The Morgan fingerprint density at radius 1 is 1.35 bits per heavy atom. The Kier molecular flexibility index (Phi) is 3.29. The van der Waals surface area contributed by atoms with E-state index in [9.17, 15) is 0 Å². The molecule has 0 aliphatic heterocycles. The Morgan fingerprint density at radius 3 is 2.76 bits per heavy atom. The highest BCUT2D eigenvalue weighted by atomic mass is 15.3. The first kappa shape index (κ1) is 11.9. The van der Waals surface area contributed by atoms with Gasteiger partial charge in [-0.1, -0.05) is 23.8 Å². The van der Waals surface area contributed by atoms with Crippen molar-refractivity contribution in [3.8, 4) is 0 Å². The van der Waals surface area contributed by atoms with Crippen LogP contribution in [0.2, 0.25) is 0 Å². The Labute approximate surface area is 102 Å². The van der Waals surface area contributed by atoms with Gasteiger partial charge < -0.3 is 5.73 Å². The topological polar surface area (TPSA) is 43.8 Å². The van der Waals surface area contributed by atoms with Crippen LogP contribution < -0.4 is 5.73 Å². The second kappa shape index (κ2) is 4.72. The molecule has 0 saturated carbocycles. The van der Waals surface area contributed by atoms with E-state index in [0.29, 0.717) is 0 Å². The number of rotatable bonds is 3. The molecule has 0 amide bonds. The highest BCUT2D eigenvalue weighted by molar-refractivity contribution is 5.37. The maximum atomic E-state index is 6.30. The Morgan fingerprint density at radius 2 is 2.12 bits per heavy atom. The molecule has 2 aromatic rings. The number of aryl methyl sites for hydroxylation is 3. The largest absolute Gasteiger partial charge is 0.320 e. The van der Waals surface area contributed by atoms with E-state index in [1.807, 2.05) is 17.1 Å². The first-order chi connectivity index (χ1) is 8.11. The van der Waals surface area contributed by atoms with E-state index in [-0.39, 0.29) is 6.04 Å². The van der Waals surface area contributed by atoms with Crippen molar-refractivity contribution in [1.29, 1.82) is 0 Å². The van der Waals surface area contributed by atoms with Gasteiger partial charge in [0.15, 0.2) is 0 Å². The molecule has 0 bridgehead atoms. The summed E-state index contributed by atoms with van der Waals surface area (Å²) in [7, 11) is 0. The molecule has 2 N–H and O–H groups in total. The molecule has 3 nitrogen and oxygen atoms in total. The molecule has 3 heteroatoms. The van der Waals surface area contributed by atoms with Crippen LogP contribution in [-0.2, 0) is 6.54 Å². The Balaban J connectivity index is 2.35. The van der Waals surface area contributed by atoms with Gasteiger partial charge in [-0.05, 0) is 31.9 Å². The molecule has 0 aliphatic rings. The lowest BCUT2D eigenvalue weighted by molar-refractivity contribution is 0.658. The molecular weight excluding hydrogens is 210 g/mol. The number of aromatic nitrogens is 2. The number of hydrogen-bond donors (Lipinski definition) is 1. The van der Waals surface area contributed by atoms with Crippen LogP contribution in [0.15, 0.2) is 30.6 Å². The summed E-state index contributed by atoms with van der Waals surface area (Å²) in [5.74, 6) is 0. The van der Waals surface area contributed by atoms with Crippen LogP contribution in [0.25, 0.3) is 0 Å². The van der Waals surface area contributed by atoms with Gasteiger partial charge in [0.1, 0.15) is 0 Å². The van der Waals surface area contributed by atoms with Crippen LogP contribution in [0, 0.1) is 13.8 Å². The van der Waals surface area contributed by atoms with Crippen molar-refractivity contribution in [2.24, 2.45) is 5.73 Å². The Hall–Kier alpha value is -1.61. The van der Waals surface area contributed by atoms with Gasteiger partial charge in [-0.15, -0.1) is 0 Å². The molecule has 0 aliphatic carbocycles. The SMILES string of the molecule is CCn1cc(C(N)c2cc(C)ccc2C)cn1. The van der Waals surface area contributed by atoms with E-state index in [4.69, 9.17) is 5.73 Å². The second-order valence-corrected chi connectivity index (χ2v) is 4.47. The predicted molar refractivity (Wildman–Crippen MR) is 69.8 cm³/mol. The van der Waals surface area contributed by atoms with Crippen molar-refractivity contribution in [3.05, 3.63) is 52.8 Å². The van der Waals surface area contributed by atoms with Gasteiger partial charge in [0.2, 0.25) is 0 Å². The fourth-order valence-corrected chi connectivity index (χ4v) is 1.99.